The number of pyridine rings is 2. The summed E-state index contributed by atoms with van der Waals surface area (Å²) < 4.78 is 0. The molecule has 2 heterocycles. The Labute approximate surface area is 161 Å². The Morgan fingerprint density at radius 1 is 0.593 bits per heavy atom. The van der Waals surface area contributed by atoms with Gasteiger partial charge < -0.3 is 0 Å². The van der Waals surface area contributed by atoms with Crippen LogP contribution in [0.4, 0.5) is 0 Å². The molecule has 0 bridgehead atoms. The zero-order valence-corrected chi connectivity index (χ0v) is 15.7. The second-order valence-corrected chi connectivity index (χ2v) is 8.19. The Kier molecular flexibility index (Phi) is 5.47. The van der Waals surface area contributed by atoms with Crippen molar-refractivity contribution in [2.45, 2.75) is 0 Å². The Morgan fingerprint density at radius 3 is 1.67 bits per heavy atom. The molecule has 0 unspecified atom stereocenters. The molecule has 0 radical (unpaired) electrons. The number of aromatic nitrogens is 2. The predicted octanol–water partition coefficient (Wildman–Crippen LogP) is 5.11. The van der Waals surface area contributed by atoms with Gasteiger partial charge in [0.2, 0.25) is 0 Å². The summed E-state index contributed by atoms with van der Waals surface area (Å²) in [5, 5.41) is 3.79. The van der Waals surface area contributed by atoms with Gasteiger partial charge in [0.1, 0.15) is 0 Å². The molecule has 0 saturated carbocycles. The van der Waals surface area contributed by atoms with E-state index in [0.717, 1.165) is 11.4 Å². The first-order chi connectivity index (χ1) is 13.4. The van der Waals surface area contributed by atoms with Crippen LogP contribution in [0.25, 0.3) is 11.4 Å². The van der Waals surface area contributed by atoms with Crippen LogP contribution < -0.4 is 10.6 Å². The summed E-state index contributed by atoms with van der Waals surface area (Å²) in [5.41, 5.74) is 1.93. The molecule has 2 aromatic carbocycles. The lowest BCUT2D eigenvalue weighted by atomic mass is 10.2. The first kappa shape index (κ1) is 17.3. The van der Waals surface area contributed by atoms with Gasteiger partial charge in [-0.15, -0.1) is 0 Å². The highest BCUT2D eigenvalue weighted by Crippen LogP contribution is 2.48. The number of benzene rings is 2. The first-order valence-corrected chi connectivity index (χ1v) is 10.2. The average Bonchev–Trinajstić information content (AvgIpc) is 2.76. The molecule has 0 aliphatic heterocycles. The standard InChI is InChI=1S/C24H19N2P/c1-3-12-21(13-4-1)27(22-14-5-2-6-15-22)24(23-16-8-10-18-26-23)19-20-11-7-9-17-25-20/h1-19H. The van der Waals surface area contributed by atoms with Crippen molar-refractivity contribution in [3.63, 3.8) is 0 Å². The van der Waals surface area contributed by atoms with E-state index in [1.165, 1.54) is 15.9 Å². The van der Waals surface area contributed by atoms with Crippen LogP contribution >= 0.6 is 7.92 Å². The minimum Gasteiger partial charge on any atom is -0.257 e. The topological polar surface area (TPSA) is 25.8 Å². The number of hydrogen-bond donors (Lipinski definition) is 0. The van der Waals surface area contributed by atoms with Gasteiger partial charge in [0, 0.05) is 17.7 Å². The Bertz CT molecular complexity index is 962. The molecule has 0 atom stereocenters. The van der Waals surface area contributed by atoms with Crippen LogP contribution in [0.5, 0.6) is 0 Å². The van der Waals surface area contributed by atoms with E-state index in [0.29, 0.717) is 0 Å². The van der Waals surface area contributed by atoms with Crippen molar-refractivity contribution < 1.29 is 0 Å². The summed E-state index contributed by atoms with van der Waals surface area (Å²) in [7, 11) is -0.756. The van der Waals surface area contributed by atoms with Crippen LogP contribution in [0.2, 0.25) is 0 Å². The molecule has 4 rings (SSSR count). The summed E-state index contributed by atoms with van der Waals surface area (Å²) >= 11 is 0. The monoisotopic (exact) mass is 366 g/mol. The highest BCUT2D eigenvalue weighted by atomic mass is 31.1. The predicted molar refractivity (Wildman–Crippen MR) is 115 cm³/mol. The normalized spacial score (nSPS) is 11.5. The summed E-state index contributed by atoms with van der Waals surface area (Å²) in [5.74, 6) is 0. The van der Waals surface area contributed by atoms with E-state index in [-0.39, 0.29) is 0 Å². The number of rotatable bonds is 5. The minimum absolute atomic E-state index is 0.756. The summed E-state index contributed by atoms with van der Waals surface area (Å²) in [6.45, 7) is 0. The molecule has 0 N–H and O–H groups in total. The second-order valence-electron chi connectivity index (χ2n) is 6.01. The molecule has 0 amide bonds. The molecule has 0 fully saturated rings. The van der Waals surface area contributed by atoms with Crippen molar-refractivity contribution in [3.8, 4) is 0 Å². The van der Waals surface area contributed by atoms with E-state index in [9.17, 15) is 0 Å². The fraction of sp³-hybridized carbons (Fsp3) is 0. The fourth-order valence-corrected chi connectivity index (χ4v) is 5.37. The van der Waals surface area contributed by atoms with E-state index >= 15 is 0 Å². The Balaban J connectivity index is 1.93. The van der Waals surface area contributed by atoms with Crippen molar-refractivity contribution in [1.82, 2.24) is 9.97 Å². The van der Waals surface area contributed by atoms with Crippen molar-refractivity contribution >= 4 is 29.9 Å². The van der Waals surface area contributed by atoms with Crippen LogP contribution in [0, 0.1) is 0 Å². The molecule has 0 spiro atoms. The zero-order chi connectivity index (χ0) is 18.3. The molecule has 130 valence electrons. The van der Waals surface area contributed by atoms with E-state index in [4.69, 9.17) is 0 Å². The third kappa shape index (κ3) is 4.19. The molecule has 2 nitrogen and oxygen atoms in total. The second kappa shape index (κ2) is 8.53. The first-order valence-electron chi connectivity index (χ1n) is 8.86. The number of nitrogens with zero attached hydrogens (tertiary/aromatic N) is 2. The highest BCUT2D eigenvalue weighted by Gasteiger charge is 2.21. The van der Waals surface area contributed by atoms with Gasteiger partial charge in [0.05, 0.1) is 11.4 Å². The van der Waals surface area contributed by atoms with Crippen molar-refractivity contribution in [1.29, 1.82) is 0 Å². The van der Waals surface area contributed by atoms with E-state index in [1.807, 2.05) is 42.7 Å². The van der Waals surface area contributed by atoms with E-state index in [2.05, 4.69) is 82.8 Å². The van der Waals surface area contributed by atoms with Crippen LogP contribution in [0.3, 0.4) is 0 Å². The van der Waals surface area contributed by atoms with Crippen LogP contribution in [-0.4, -0.2) is 9.97 Å². The molecular weight excluding hydrogens is 347 g/mol. The van der Waals surface area contributed by atoms with Gasteiger partial charge in [-0.05, 0) is 48.9 Å². The molecule has 2 aromatic heterocycles. The summed E-state index contributed by atoms with van der Waals surface area (Å²) in [6.07, 6.45) is 5.86. The molecule has 3 heteroatoms. The van der Waals surface area contributed by atoms with Crippen LogP contribution in [0.1, 0.15) is 11.4 Å². The van der Waals surface area contributed by atoms with E-state index < -0.39 is 7.92 Å². The molecular formula is C24H19N2P. The van der Waals surface area contributed by atoms with Crippen LogP contribution in [0.15, 0.2) is 109 Å². The van der Waals surface area contributed by atoms with Gasteiger partial charge >= 0.3 is 0 Å². The highest BCUT2D eigenvalue weighted by molar-refractivity contribution is 7.82. The molecule has 27 heavy (non-hydrogen) atoms. The Morgan fingerprint density at radius 2 is 1.15 bits per heavy atom. The summed E-state index contributed by atoms with van der Waals surface area (Å²) in [6, 6.07) is 33.4. The quantitative estimate of drug-likeness (QED) is 0.459. The van der Waals surface area contributed by atoms with Gasteiger partial charge in [-0.2, -0.15) is 0 Å². The lowest BCUT2D eigenvalue weighted by Gasteiger charge is -2.22. The van der Waals surface area contributed by atoms with Gasteiger partial charge in [-0.1, -0.05) is 72.8 Å². The number of hydrogen-bond acceptors (Lipinski definition) is 2. The zero-order valence-electron chi connectivity index (χ0n) is 14.8. The van der Waals surface area contributed by atoms with Crippen molar-refractivity contribution in [3.05, 3.63) is 121 Å². The minimum atomic E-state index is -0.756. The van der Waals surface area contributed by atoms with Crippen molar-refractivity contribution in [2.75, 3.05) is 0 Å². The molecule has 0 aliphatic carbocycles. The molecule has 0 aliphatic rings. The van der Waals surface area contributed by atoms with Crippen molar-refractivity contribution in [2.24, 2.45) is 0 Å². The fourth-order valence-electron chi connectivity index (χ4n) is 2.95. The summed E-state index contributed by atoms with van der Waals surface area (Å²) in [4.78, 5) is 9.19. The SMILES string of the molecule is C(=C(c1ccccn1)P(c1ccccc1)c1ccccc1)c1ccccn1. The molecule has 4 aromatic rings. The maximum absolute atomic E-state index is 4.67. The van der Waals surface area contributed by atoms with Crippen LogP contribution in [-0.2, 0) is 0 Å². The average molecular weight is 366 g/mol. The largest absolute Gasteiger partial charge is 0.257 e. The van der Waals surface area contributed by atoms with Gasteiger partial charge in [-0.25, -0.2) is 0 Å². The lowest BCUT2D eigenvalue weighted by Crippen LogP contribution is -2.13. The third-order valence-electron chi connectivity index (χ3n) is 4.17. The lowest BCUT2D eigenvalue weighted by molar-refractivity contribution is 1.28. The maximum Gasteiger partial charge on any atom is 0.0713 e. The van der Waals surface area contributed by atoms with Gasteiger partial charge in [-0.3, -0.25) is 9.97 Å². The maximum atomic E-state index is 4.67. The van der Waals surface area contributed by atoms with Gasteiger partial charge in [0.25, 0.3) is 0 Å². The third-order valence-corrected chi connectivity index (χ3v) is 6.64. The van der Waals surface area contributed by atoms with Gasteiger partial charge in [0.15, 0.2) is 0 Å². The smallest absolute Gasteiger partial charge is 0.0713 e. The van der Waals surface area contributed by atoms with E-state index in [1.54, 1.807) is 0 Å². The Hall–Kier alpha value is -3.09. The molecule has 0 saturated heterocycles.